The van der Waals surface area contributed by atoms with E-state index >= 15 is 0 Å². The Morgan fingerprint density at radius 2 is 1.89 bits per heavy atom. The van der Waals surface area contributed by atoms with Crippen LogP contribution < -0.4 is 10.6 Å². The van der Waals surface area contributed by atoms with Crippen molar-refractivity contribution in [1.29, 1.82) is 0 Å². The van der Waals surface area contributed by atoms with Crippen LogP contribution in [-0.2, 0) is 6.42 Å². The van der Waals surface area contributed by atoms with Gasteiger partial charge in [0.25, 0.3) is 5.91 Å². The number of nitrogens with zero attached hydrogens (tertiary/aromatic N) is 3. The van der Waals surface area contributed by atoms with Gasteiger partial charge < -0.3 is 15.5 Å². The Hall–Kier alpha value is -2.08. The molecular weight excluding hydrogens is 350 g/mol. The number of aliphatic imine (C=N–C) groups is 1. The molecule has 1 aromatic rings. The molecular formula is C22H37N5O. The van der Waals surface area contributed by atoms with E-state index in [1.54, 1.807) is 26.0 Å². The monoisotopic (exact) mass is 387 g/mol. The van der Waals surface area contributed by atoms with Crippen LogP contribution in [0.15, 0.2) is 29.3 Å². The average Bonchev–Trinajstić information content (AvgIpc) is 2.70. The summed E-state index contributed by atoms with van der Waals surface area (Å²) >= 11 is 0. The van der Waals surface area contributed by atoms with Gasteiger partial charge in [-0.05, 0) is 63.9 Å². The SMILES string of the molecule is CN=C(NCCc1cccc(C(=O)N(C)C)c1)NCC(C)(C)N1CCCCC1. The van der Waals surface area contributed by atoms with Crippen LogP contribution in [0, 0.1) is 0 Å². The highest BCUT2D eigenvalue weighted by Crippen LogP contribution is 2.19. The summed E-state index contributed by atoms with van der Waals surface area (Å²) in [5, 5.41) is 6.86. The molecule has 1 amide bonds. The maximum absolute atomic E-state index is 12.1. The van der Waals surface area contributed by atoms with E-state index in [0.717, 1.165) is 36.6 Å². The Morgan fingerprint density at radius 1 is 1.18 bits per heavy atom. The van der Waals surface area contributed by atoms with Crippen molar-refractivity contribution in [2.45, 2.75) is 45.1 Å². The molecule has 1 aliphatic rings. The zero-order valence-electron chi connectivity index (χ0n) is 18.2. The summed E-state index contributed by atoms with van der Waals surface area (Å²) in [7, 11) is 5.36. The van der Waals surface area contributed by atoms with E-state index in [-0.39, 0.29) is 11.4 Å². The fraction of sp³-hybridized carbons (Fsp3) is 0.636. The predicted octanol–water partition coefficient (Wildman–Crippen LogP) is 2.36. The van der Waals surface area contributed by atoms with Crippen LogP contribution in [0.4, 0.5) is 0 Å². The van der Waals surface area contributed by atoms with E-state index in [2.05, 4.69) is 40.4 Å². The molecule has 2 N–H and O–H groups in total. The molecule has 1 aromatic carbocycles. The van der Waals surface area contributed by atoms with Gasteiger partial charge in [0.1, 0.15) is 0 Å². The molecule has 0 aliphatic carbocycles. The number of hydrogen-bond donors (Lipinski definition) is 2. The highest BCUT2D eigenvalue weighted by molar-refractivity contribution is 5.94. The minimum absolute atomic E-state index is 0.0345. The van der Waals surface area contributed by atoms with Crippen molar-refractivity contribution in [2.24, 2.45) is 4.99 Å². The van der Waals surface area contributed by atoms with Crippen molar-refractivity contribution in [3.8, 4) is 0 Å². The van der Waals surface area contributed by atoms with E-state index < -0.39 is 0 Å². The molecule has 0 spiro atoms. The topological polar surface area (TPSA) is 60.0 Å². The van der Waals surface area contributed by atoms with Gasteiger partial charge in [0.15, 0.2) is 5.96 Å². The first-order chi connectivity index (χ1) is 13.3. The van der Waals surface area contributed by atoms with Crippen molar-refractivity contribution in [3.63, 3.8) is 0 Å². The lowest BCUT2D eigenvalue weighted by molar-refractivity contribution is 0.0827. The van der Waals surface area contributed by atoms with Crippen LogP contribution in [-0.4, -0.2) is 74.5 Å². The van der Waals surface area contributed by atoms with Crippen LogP contribution >= 0.6 is 0 Å². The lowest BCUT2D eigenvalue weighted by atomic mass is 9.98. The van der Waals surface area contributed by atoms with Gasteiger partial charge in [-0.25, -0.2) is 0 Å². The van der Waals surface area contributed by atoms with Crippen LogP contribution in [0.3, 0.4) is 0 Å². The number of guanidine groups is 1. The standard InChI is InChI=1S/C22H37N5O/c1-22(2,27-14-7-6-8-15-27)17-25-21(23-3)24-13-12-18-10-9-11-19(16-18)20(28)26(4)5/h9-11,16H,6-8,12-15,17H2,1-5H3,(H2,23,24,25). The molecule has 6 nitrogen and oxygen atoms in total. The lowest BCUT2D eigenvalue weighted by Crippen LogP contribution is -2.55. The number of rotatable bonds is 7. The number of carbonyl (C=O) groups is 1. The van der Waals surface area contributed by atoms with Crippen molar-refractivity contribution in [2.75, 3.05) is 47.3 Å². The smallest absolute Gasteiger partial charge is 0.253 e. The summed E-state index contributed by atoms with van der Waals surface area (Å²) in [6.07, 6.45) is 4.78. The quantitative estimate of drug-likeness (QED) is 0.557. The molecule has 0 unspecified atom stereocenters. The minimum Gasteiger partial charge on any atom is -0.356 e. The maximum atomic E-state index is 12.1. The van der Waals surface area contributed by atoms with Crippen LogP contribution in [0.2, 0.25) is 0 Å². The van der Waals surface area contributed by atoms with Crippen LogP contribution in [0.1, 0.15) is 49.0 Å². The van der Waals surface area contributed by atoms with Crippen LogP contribution in [0.25, 0.3) is 0 Å². The summed E-state index contributed by atoms with van der Waals surface area (Å²) < 4.78 is 0. The third kappa shape index (κ3) is 6.51. The molecule has 0 saturated carbocycles. The maximum Gasteiger partial charge on any atom is 0.253 e. The Labute approximate surface area is 170 Å². The molecule has 28 heavy (non-hydrogen) atoms. The highest BCUT2D eigenvalue weighted by Gasteiger charge is 2.27. The first-order valence-electron chi connectivity index (χ1n) is 10.3. The molecule has 0 radical (unpaired) electrons. The van der Waals surface area contributed by atoms with Gasteiger partial charge in [-0.15, -0.1) is 0 Å². The Bertz CT molecular complexity index is 663. The summed E-state index contributed by atoms with van der Waals surface area (Å²) in [4.78, 5) is 20.6. The predicted molar refractivity (Wildman–Crippen MR) is 117 cm³/mol. The molecule has 0 bridgehead atoms. The molecule has 0 atom stereocenters. The van der Waals surface area contributed by atoms with Crippen molar-refractivity contribution < 1.29 is 4.79 Å². The molecule has 1 heterocycles. The Balaban J connectivity index is 1.81. The van der Waals surface area contributed by atoms with Crippen molar-refractivity contribution >= 4 is 11.9 Å². The Morgan fingerprint density at radius 3 is 2.54 bits per heavy atom. The largest absolute Gasteiger partial charge is 0.356 e. The average molecular weight is 388 g/mol. The lowest BCUT2D eigenvalue weighted by Gasteiger charge is -2.41. The summed E-state index contributed by atoms with van der Waals surface area (Å²) in [6.45, 7) is 8.59. The Kier molecular flexibility index (Phi) is 8.30. The highest BCUT2D eigenvalue weighted by atomic mass is 16.2. The molecule has 156 valence electrons. The second-order valence-corrected chi connectivity index (χ2v) is 8.36. The number of nitrogens with one attached hydrogen (secondary N) is 2. The van der Waals surface area contributed by atoms with E-state index in [9.17, 15) is 4.79 Å². The zero-order valence-corrected chi connectivity index (χ0v) is 18.2. The minimum atomic E-state index is 0.0345. The van der Waals surface area contributed by atoms with E-state index in [4.69, 9.17) is 0 Å². The second-order valence-electron chi connectivity index (χ2n) is 8.36. The first-order valence-corrected chi connectivity index (χ1v) is 10.3. The number of piperidine rings is 1. The fourth-order valence-corrected chi connectivity index (χ4v) is 3.57. The van der Waals surface area contributed by atoms with Gasteiger partial charge >= 0.3 is 0 Å². The molecule has 1 saturated heterocycles. The first kappa shape index (κ1) is 22.2. The fourth-order valence-electron chi connectivity index (χ4n) is 3.57. The van der Waals surface area contributed by atoms with Gasteiger partial charge in [0.2, 0.25) is 0 Å². The molecule has 2 rings (SSSR count). The second kappa shape index (κ2) is 10.5. The van der Waals surface area contributed by atoms with Crippen LogP contribution in [0.5, 0.6) is 0 Å². The van der Waals surface area contributed by atoms with Gasteiger partial charge in [-0.3, -0.25) is 14.7 Å². The number of benzene rings is 1. The third-order valence-electron chi connectivity index (χ3n) is 5.41. The van der Waals surface area contributed by atoms with Crippen molar-refractivity contribution in [3.05, 3.63) is 35.4 Å². The number of likely N-dealkylation sites (tertiary alicyclic amines) is 1. The summed E-state index contributed by atoms with van der Waals surface area (Å²) in [5.74, 6) is 0.859. The van der Waals surface area contributed by atoms with Gasteiger partial charge in [-0.2, -0.15) is 0 Å². The summed E-state index contributed by atoms with van der Waals surface area (Å²) in [5.41, 5.74) is 1.98. The molecule has 0 aromatic heterocycles. The number of hydrogen-bond acceptors (Lipinski definition) is 3. The number of amides is 1. The number of carbonyl (C=O) groups excluding carboxylic acids is 1. The molecule has 6 heteroatoms. The van der Waals surface area contributed by atoms with Crippen molar-refractivity contribution in [1.82, 2.24) is 20.4 Å². The molecule has 1 aliphatic heterocycles. The van der Waals surface area contributed by atoms with E-state index in [1.807, 2.05) is 18.2 Å². The van der Waals surface area contributed by atoms with Gasteiger partial charge in [0.05, 0.1) is 0 Å². The summed E-state index contributed by atoms with van der Waals surface area (Å²) in [6, 6.07) is 7.84. The van der Waals surface area contributed by atoms with E-state index in [0.29, 0.717) is 0 Å². The van der Waals surface area contributed by atoms with Gasteiger partial charge in [0, 0.05) is 45.3 Å². The third-order valence-corrected chi connectivity index (χ3v) is 5.41. The molecule has 1 fully saturated rings. The van der Waals surface area contributed by atoms with Gasteiger partial charge in [-0.1, -0.05) is 18.6 Å². The normalized spacial score (nSPS) is 16.0. The zero-order chi connectivity index (χ0) is 20.6. The van der Waals surface area contributed by atoms with E-state index in [1.165, 1.54) is 32.4 Å².